The fourth-order valence-corrected chi connectivity index (χ4v) is 1.16. The fourth-order valence-electron chi connectivity index (χ4n) is 1.16. The van der Waals surface area contributed by atoms with Crippen LogP contribution in [0.25, 0.3) is 0 Å². The molecule has 0 aliphatic carbocycles. The second-order valence-corrected chi connectivity index (χ2v) is 3.59. The minimum Gasteiger partial charge on any atom is -0.491 e. The normalized spacial score (nSPS) is 12.8. The molecular formula is C10H12BF4KO. The Bertz CT molecular complexity index is 370. The molecule has 0 N–H and O–H groups in total. The van der Waals surface area contributed by atoms with Gasteiger partial charge in [-0.25, -0.2) is 4.39 Å². The number of halogens is 4. The second-order valence-electron chi connectivity index (χ2n) is 3.59. The summed E-state index contributed by atoms with van der Waals surface area (Å²) in [6.07, 6.45) is 0.550. The number of benzene rings is 1. The van der Waals surface area contributed by atoms with E-state index in [1.54, 1.807) is 6.92 Å². The van der Waals surface area contributed by atoms with Gasteiger partial charge in [0.05, 0.1) is 11.9 Å². The van der Waals surface area contributed by atoms with Crippen LogP contribution in [0.2, 0.25) is 0 Å². The number of rotatable bonds is 4. The largest absolute Gasteiger partial charge is 1.00 e. The summed E-state index contributed by atoms with van der Waals surface area (Å²) in [7, 11) is 0. The first-order valence-corrected chi connectivity index (χ1v) is 5.00. The Morgan fingerprint density at radius 3 is 2.29 bits per heavy atom. The molecule has 1 rings (SSSR count). The maximum absolute atomic E-state index is 13.1. The van der Waals surface area contributed by atoms with E-state index in [9.17, 15) is 17.3 Å². The smallest absolute Gasteiger partial charge is 0.491 e. The summed E-state index contributed by atoms with van der Waals surface area (Å²) in [6.45, 7) is -1.67. The Morgan fingerprint density at radius 2 is 1.88 bits per heavy atom. The van der Waals surface area contributed by atoms with Crippen LogP contribution >= 0.6 is 0 Å². The number of ether oxygens (including phenoxy) is 1. The van der Waals surface area contributed by atoms with Gasteiger partial charge in [-0.3, -0.25) is 0 Å². The first kappa shape index (κ1) is 17.4. The fraction of sp³-hybridized carbons (Fsp3) is 0.400. The van der Waals surface area contributed by atoms with E-state index in [2.05, 4.69) is 0 Å². The Kier molecular flexibility index (Phi) is 7.32. The van der Waals surface area contributed by atoms with E-state index in [4.69, 9.17) is 4.74 Å². The molecule has 1 atom stereocenters. The number of hydrogen-bond donors (Lipinski definition) is 0. The van der Waals surface area contributed by atoms with Crippen molar-refractivity contribution in [1.29, 1.82) is 0 Å². The third-order valence-corrected chi connectivity index (χ3v) is 2.24. The van der Waals surface area contributed by atoms with Crippen LogP contribution in [-0.2, 0) is 0 Å². The molecule has 0 amide bonds. The van der Waals surface area contributed by atoms with Gasteiger partial charge in [0.15, 0.2) is 0 Å². The van der Waals surface area contributed by atoms with Gasteiger partial charge in [0.25, 0.3) is 0 Å². The summed E-state index contributed by atoms with van der Waals surface area (Å²) in [4.78, 5) is 0. The molecule has 0 spiro atoms. The standard InChI is InChI=1S/C10H12BF4O.K/c1-3-7(2)16-8-4-5-9(10(12)6-8)11(13,14)15;/h4-7H,3H2,1-2H3;/q-1;+1. The zero-order valence-corrected chi connectivity index (χ0v) is 13.1. The van der Waals surface area contributed by atoms with Crippen molar-refractivity contribution >= 4 is 12.4 Å². The van der Waals surface area contributed by atoms with E-state index < -0.39 is 18.3 Å². The van der Waals surface area contributed by atoms with Crippen LogP contribution in [0.4, 0.5) is 17.3 Å². The predicted octanol–water partition coefficient (Wildman–Crippen LogP) is 0.0614. The molecule has 0 aliphatic heterocycles. The van der Waals surface area contributed by atoms with Crippen molar-refractivity contribution in [2.75, 3.05) is 0 Å². The van der Waals surface area contributed by atoms with Crippen LogP contribution in [0, 0.1) is 5.82 Å². The average Bonchev–Trinajstić information content (AvgIpc) is 2.15. The third kappa shape index (κ3) is 5.30. The summed E-state index contributed by atoms with van der Waals surface area (Å²) in [5.41, 5.74) is -1.21. The topological polar surface area (TPSA) is 9.23 Å². The van der Waals surface area contributed by atoms with Crippen molar-refractivity contribution in [3.05, 3.63) is 24.0 Å². The third-order valence-electron chi connectivity index (χ3n) is 2.24. The summed E-state index contributed by atoms with van der Waals surface area (Å²) in [5, 5.41) is 0. The summed E-state index contributed by atoms with van der Waals surface area (Å²) >= 11 is 0. The van der Waals surface area contributed by atoms with E-state index in [1.165, 1.54) is 0 Å². The Hall–Kier alpha value is 0.441. The van der Waals surface area contributed by atoms with Crippen LogP contribution in [0.15, 0.2) is 18.2 Å². The van der Waals surface area contributed by atoms with Crippen LogP contribution < -0.4 is 61.6 Å². The molecule has 1 aromatic rings. The first-order chi connectivity index (χ1) is 7.34. The minimum atomic E-state index is -5.30. The van der Waals surface area contributed by atoms with Crippen molar-refractivity contribution in [3.8, 4) is 5.75 Å². The molecule has 1 aromatic carbocycles. The van der Waals surface area contributed by atoms with E-state index in [-0.39, 0.29) is 63.2 Å². The van der Waals surface area contributed by atoms with Crippen molar-refractivity contribution in [1.82, 2.24) is 0 Å². The van der Waals surface area contributed by atoms with Gasteiger partial charge in [-0.2, -0.15) is 0 Å². The van der Waals surface area contributed by atoms with Crippen LogP contribution in [-0.4, -0.2) is 13.1 Å². The zero-order valence-electron chi connectivity index (χ0n) is 10.0. The average molecular weight is 274 g/mol. The molecule has 0 fully saturated rings. The molecule has 0 aromatic heterocycles. The molecule has 0 heterocycles. The van der Waals surface area contributed by atoms with Crippen LogP contribution in [0.3, 0.4) is 0 Å². The van der Waals surface area contributed by atoms with Gasteiger partial charge in [-0.15, -0.1) is 0 Å². The summed E-state index contributed by atoms with van der Waals surface area (Å²) in [5.74, 6) is -1.16. The van der Waals surface area contributed by atoms with Crippen LogP contribution in [0.1, 0.15) is 20.3 Å². The van der Waals surface area contributed by atoms with Gasteiger partial charge in [0, 0.05) is 6.07 Å². The summed E-state index contributed by atoms with van der Waals surface area (Å²) in [6, 6.07) is 2.63. The second kappa shape index (κ2) is 7.13. The van der Waals surface area contributed by atoms with Gasteiger partial charge < -0.3 is 17.7 Å². The van der Waals surface area contributed by atoms with Gasteiger partial charge in [0.1, 0.15) is 5.75 Å². The molecule has 0 saturated heterocycles. The molecule has 17 heavy (non-hydrogen) atoms. The maximum atomic E-state index is 13.1. The van der Waals surface area contributed by atoms with Gasteiger partial charge in [0.2, 0.25) is 0 Å². The van der Waals surface area contributed by atoms with Crippen molar-refractivity contribution < 1.29 is 73.5 Å². The molecule has 90 valence electrons. The van der Waals surface area contributed by atoms with Crippen molar-refractivity contribution in [2.24, 2.45) is 0 Å². The van der Waals surface area contributed by atoms with E-state index in [0.717, 1.165) is 12.1 Å². The van der Waals surface area contributed by atoms with Gasteiger partial charge in [-0.1, -0.05) is 18.5 Å². The van der Waals surface area contributed by atoms with E-state index >= 15 is 0 Å². The molecule has 0 saturated carbocycles. The SMILES string of the molecule is CCC(C)Oc1ccc([B-](F)(F)F)c(F)c1.[K+]. The molecule has 1 nitrogen and oxygen atoms in total. The maximum Gasteiger partial charge on any atom is 1.00 e. The molecule has 0 bridgehead atoms. The minimum absolute atomic E-state index is 0. The monoisotopic (exact) mass is 274 g/mol. The molecule has 0 aliphatic rings. The summed E-state index contributed by atoms with van der Waals surface area (Å²) < 4.78 is 55.2. The Labute approximate surface area is 140 Å². The first-order valence-electron chi connectivity index (χ1n) is 5.00. The van der Waals surface area contributed by atoms with Gasteiger partial charge >= 0.3 is 58.4 Å². The van der Waals surface area contributed by atoms with E-state index in [0.29, 0.717) is 12.5 Å². The van der Waals surface area contributed by atoms with Crippen LogP contribution in [0.5, 0.6) is 5.75 Å². The molecule has 1 unspecified atom stereocenters. The molecular weight excluding hydrogens is 262 g/mol. The van der Waals surface area contributed by atoms with Gasteiger partial charge in [-0.05, 0) is 19.4 Å². The zero-order chi connectivity index (χ0) is 12.3. The number of hydrogen-bond acceptors (Lipinski definition) is 1. The molecule has 0 radical (unpaired) electrons. The Balaban J connectivity index is 0.00000256. The predicted molar refractivity (Wildman–Crippen MR) is 55.5 cm³/mol. The van der Waals surface area contributed by atoms with Crippen molar-refractivity contribution in [3.63, 3.8) is 0 Å². The quantitative estimate of drug-likeness (QED) is 0.557. The molecule has 7 heteroatoms. The Morgan fingerprint density at radius 1 is 1.29 bits per heavy atom. The van der Waals surface area contributed by atoms with Crippen molar-refractivity contribution in [2.45, 2.75) is 26.4 Å². The van der Waals surface area contributed by atoms with E-state index in [1.807, 2.05) is 6.92 Å².